The van der Waals surface area contributed by atoms with Crippen molar-refractivity contribution in [3.05, 3.63) is 40.5 Å². The maximum Gasteiger partial charge on any atom is 0.264 e. The molecule has 2 aromatic heterocycles. The molecule has 0 bridgehead atoms. The number of hydrogen-bond acceptors (Lipinski definition) is 4. The molecule has 22 heavy (non-hydrogen) atoms. The highest BCUT2D eigenvalue weighted by atomic mass is 32.2. The van der Waals surface area contributed by atoms with E-state index >= 15 is 0 Å². The molecule has 0 aromatic carbocycles. The summed E-state index contributed by atoms with van der Waals surface area (Å²) in [5, 5.41) is 5.15. The zero-order chi connectivity index (χ0) is 16.1. The highest BCUT2D eigenvalue weighted by molar-refractivity contribution is 7.91. The first-order chi connectivity index (χ1) is 10.3. The Balaban J connectivity index is 1.94. The molecule has 1 unspecified atom stereocenters. The number of amides is 1. The van der Waals surface area contributed by atoms with Crippen LogP contribution in [0.2, 0.25) is 0 Å². The van der Waals surface area contributed by atoms with Crippen LogP contribution in [0.1, 0.15) is 33.9 Å². The number of carbonyl (C=O) groups excluding carboxylic acids is 1. The van der Waals surface area contributed by atoms with Crippen LogP contribution in [-0.4, -0.2) is 30.3 Å². The standard InChI is InChI=1S/C14H17N3O3S2/c1-9-8-12(22(15,19)20)21-13(9)14(18)17-7-6-16-5-3-4-11(16)10(17)2/h3-5,8,10H,6-7H2,1-2H3,(H2,15,19,20). The summed E-state index contributed by atoms with van der Waals surface area (Å²) in [6, 6.07) is 5.39. The molecule has 1 aliphatic heterocycles. The lowest BCUT2D eigenvalue weighted by atomic mass is 10.1. The van der Waals surface area contributed by atoms with Crippen molar-refractivity contribution in [2.75, 3.05) is 6.54 Å². The molecule has 0 radical (unpaired) electrons. The van der Waals surface area contributed by atoms with Gasteiger partial charge in [0.2, 0.25) is 10.0 Å². The summed E-state index contributed by atoms with van der Waals surface area (Å²) >= 11 is 0.943. The number of nitrogens with two attached hydrogens (primary N) is 1. The van der Waals surface area contributed by atoms with Crippen LogP contribution in [0.3, 0.4) is 0 Å². The number of aryl methyl sites for hydroxylation is 1. The predicted octanol–water partition coefficient (Wildman–Crippen LogP) is 1.72. The van der Waals surface area contributed by atoms with Crippen molar-refractivity contribution in [3.8, 4) is 0 Å². The van der Waals surface area contributed by atoms with Crippen molar-refractivity contribution < 1.29 is 13.2 Å². The number of sulfonamides is 1. The molecule has 0 spiro atoms. The van der Waals surface area contributed by atoms with E-state index < -0.39 is 10.0 Å². The molecule has 0 aliphatic carbocycles. The molecular weight excluding hydrogens is 322 g/mol. The maximum atomic E-state index is 12.8. The van der Waals surface area contributed by atoms with E-state index in [2.05, 4.69) is 4.57 Å². The number of aromatic nitrogens is 1. The van der Waals surface area contributed by atoms with Crippen LogP contribution in [0.5, 0.6) is 0 Å². The second-order valence-corrected chi connectivity index (χ2v) is 8.26. The van der Waals surface area contributed by atoms with E-state index in [4.69, 9.17) is 5.14 Å². The highest BCUT2D eigenvalue weighted by Crippen LogP contribution is 2.31. The quantitative estimate of drug-likeness (QED) is 0.904. The Morgan fingerprint density at radius 2 is 2.14 bits per heavy atom. The summed E-state index contributed by atoms with van der Waals surface area (Å²) < 4.78 is 25.1. The molecule has 1 amide bonds. The van der Waals surface area contributed by atoms with Gasteiger partial charge in [0.1, 0.15) is 4.21 Å². The average molecular weight is 339 g/mol. The summed E-state index contributed by atoms with van der Waals surface area (Å²) in [7, 11) is -3.78. The average Bonchev–Trinajstić information content (AvgIpc) is 3.04. The number of carbonyl (C=O) groups is 1. The van der Waals surface area contributed by atoms with Gasteiger partial charge >= 0.3 is 0 Å². The van der Waals surface area contributed by atoms with Crippen molar-refractivity contribution in [2.24, 2.45) is 5.14 Å². The van der Waals surface area contributed by atoms with E-state index in [0.29, 0.717) is 17.0 Å². The Morgan fingerprint density at radius 3 is 2.77 bits per heavy atom. The molecule has 3 rings (SSSR count). The van der Waals surface area contributed by atoms with Crippen molar-refractivity contribution in [1.29, 1.82) is 0 Å². The van der Waals surface area contributed by atoms with Crippen LogP contribution in [0, 0.1) is 6.92 Å². The predicted molar refractivity (Wildman–Crippen MR) is 84.3 cm³/mol. The third-order valence-corrected chi connectivity index (χ3v) is 6.62. The fourth-order valence-corrected chi connectivity index (χ4v) is 4.71. The van der Waals surface area contributed by atoms with Crippen LogP contribution < -0.4 is 5.14 Å². The lowest BCUT2D eigenvalue weighted by molar-refractivity contribution is 0.0648. The van der Waals surface area contributed by atoms with Crippen LogP contribution in [-0.2, 0) is 16.6 Å². The van der Waals surface area contributed by atoms with Gasteiger partial charge in [0.15, 0.2) is 0 Å². The monoisotopic (exact) mass is 339 g/mol. The van der Waals surface area contributed by atoms with Crippen LogP contribution in [0.15, 0.2) is 28.6 Å². The summed E-state index contributed by atoms with van der Waals surface area (Å²) in [4.78, 5) is 15.0. The summed E-state index contributed by atoms with van der Waals surface area (Å²) in [6.45, 7) is 5.05. The van der Waals surface area contributed by atoms with Crippen molar-refractivity contribution in [3.63, 3.8) is 0 Å². The summed E-state index contributed by atoms with van der Waals surface area (Å²) in [5.41, 5.74) is 1.73. The van der Waals surface area contributed by atoms with Gasteiger partial charge < -0.3 is 9.47 Å². The lowest BCUT2D eigenvalue weighted by Gasteiger charge is -2.34. The molecule has 3 heterocycles. The number of rotatable bonds is 2. The molecule has 8 heteroatoms. The number of hydrogen-bond donors (Lipinski definition) is 1. The number of fused-ring (bicyclic) bond motifs is 1. The minimum atomic E-state index is -3.78. The van der Waals surface area contributed by atoms with E-state index in [1.165, 1.54) is 6.07 Å². The molecule has 118 valence electrons. The third-order valence-electron chi connectivity index (χ3n) is 3.97. The Kier molecular flexibility index (Phi) is 3.62. The minimum absolute atomic E-state index is 0.0291. The van der Waals surface area contributed by atoms with E-state index in [1.807, 2.05) is 25.3 Å². The summed E-state index contributed by atoms with van der Waals surface area (Å²) in [5.74, 6) is -0.141. The fourth-order valence-electron chi connectivity index (χ4n) is 2.79. The van der Waals surface area contributed by atoms with Gasteiger partial charge in [0.05, 0.1) is 10.9 Å². The van der Waals surface area contributed by atoms with Gasteiger partial charge in [-0.25, -0.2) is 13.6 Å². The molecular formula is C14H17N3O3S2. The largest absolute Gasteiger partial charge is 0.348 e. The van der Waals surface area contributed by atoms with Crippen molar-refractivity contribution in [2.45, 2.75) is 30.6 Å². The number of thiophene rings is 1. The SMILES string of the molecule is Cc1cc(S(N)(=O)=O)sc1C(=O)N1CCn2cccc2C1C. The van der Waals surface area contributed by atoms with Gasteiger partial charge in [0, 0.05) is 25.0 Å². The van der Waals surface area contributed by atoms with Crippen LogP contribution in [0.25, 0.3) is 0 Å². The Bertz CT molecular complexity index is 835. The first kappa shape index (κ1) is 15.3. The first-order valence-corrected chi connectivity index (χ1v) is 9.24. The zero-order valence-corrected chi connectivity index (χ0v) is 13.9. The Morgan fingerprint density at radius 1 is 1.41 bits per heavy atom. The zero-order valence-electron chi connectivity index (χ0n) is 12.3. The van der Waals surface area contributed by atoms with Crippen molar-refractivity contribution >= 4 is 27.3 Å². The molecule has 1 atom stereocenters. The number of nitrogens with zero attached hydrogens (tertiary/aromatic N) is 2. The molecule has 6 nitrogen and oxygen atoms in total. The third kappa shape index (κ3) is 2.47. The van der Waals surface area contributed by atoms with Gasteiger partial charge in [-0.1, -0.05) is 0 Å². The normalized spacial score (nSPS) is 18.3. The van der Waals surface area contributed by atoms with Gasteiger partial charge in [0.25, 0.3) is 5.91 Å². The molecule has 2 aromatic rings. The highest BCUT2D eigenvalue weighted by Gasteiger charge is 2.30. The summed E-state index contributed by atoms with van der Waals surface area (Å²) in [6.07, 6.45) is 2.00. The first-order valence-electron chi connectivity index (χ1n) is 6.88. The van der Waals surface area contributed by atoms with Gasteiger partial charge in [-0.3, -0.25) is 4.79 Å². The molecule has 0 saturated heterocycles. The van der Waals surface area contributed by atoms with E-state index in [-0.39, 0.29) is 16.2 Å². The van der Waals surface area contributed by atoms with Crippen molar-refractivity contribution in [1.82, 2.24) is 9.47 Å². The van der Waals surface area contributed by atoms with Gasteiger partial charge in [-0.15, -0.1) is 11.3 Å². The molecule has 0 saturated carbocycles. The molecule has 0 fully saturated rings. The lowest BCUT2D eigenvalue weighted by Crippen LogP contribution is -2.40. The fraction of sp³-hybridized carbons (Fsp3) is 0.357. The van der Waals surface area contributed by atoms with Crippen LogP contribution >= 0.6 is 11.3 Å². The van der Waals surface area contributed by atoms with Gasteiger partial charge in [-0.05, 0) is 37.6 Å². The van der Waals surface area contributed by atoms with E-state index in [9.17, 15) is 13.2 Å². The second-order valence-electron chi connectivity index (χ2n) is 5.42. The van der Waals surface area contributed by atoms with E-state index in [1.54, 1.807) is 11.8 Å². The maximum absolute atomic E-state index is 12.8. The second kappa shape index (κ2) is 5.22. The molecule has 1 aliphatic rings. The smallest absolute Gasteiger partial charge is 0.264 e. The minimum Gasteiger partial charge on any atom is -0.348 e. The topological polar surface area (TPSA) is 85.4 Å². The van der Waals surface area contributed by atoms with Crippen LogP contribution in [0.4, 0.5) is 0 Å². The number of primary sulfonamides is 1. The Hall–Kier alpha value is -1.64. The Labute approximate surface area is 133 Å². The van der Waals surface area contributed by atoms with Gasteiger partial charge in [-0.2, -0.15) is 0 Å². The molecule has 2 N–H and O–H groups in total. The van der Waals surface area contributed by atoms with E-state index in [0.717, 1.165) is 23.6 Å².